The Labute approximate surface area is 84.4 Å². The molecule has 0 saturated heterocycles. The second-order valence-corrected chi connectivity index (χ2v) is 3.01. The molecule has 1 unspecified atom stereocenters. The van der Waals surface area contributed by atoms with Crippen LogP contribution in [0.25, 0.3) is 0 Å². The Morgan fingerprint density at radius 1 is 1.20 bits per heavy atom. The maximum Gasteiger partial charge on any atom is 0.185 e. The molecule has 1 nitrogen and oxygen atoms in total. The minimum absolute atomic E-state index is 0.161. The average molecular weight is 219 g/mol. The first kappa shape index (κ1) is 11.6. The van der Waals surface area contributed by atoms with E-state index in [0.717, 1.165) is 0 Å². The molecular formula is C10H9F4N. The van der Waals surface area contributed by atoms with Gasteiger partial charge in [-0.2, -0.15) is 0 Å². The van der Waals surface area contributed by atoms with E-state index in [9.17, 15) is 17.6 Å². The third kappa shape index (κ3) is 2.29. The summed E-state index contributed by atoms with van der Waals surface area (Å²) in [6.07, 6.45) is 1.35. The predicted octanol–water partition coefficient (Wildman–Crippen LogP) is 3.23. The first-order chi connectivity index (χ1) is 6.97. The van der Waals surface area contributed by atoms with Crippen molar-refractivity contribution in [1.29, 1.82) is 0 Å². The molecule has 0 aliphatic heterocycles. The number of hydrogen-bond donors (Lipinski definition) is 1. The van der Waals surface area contributed by atoms with Gasteiger partial charge in [0, 0.05) is 12.1 Å². The summed E-state index contributed by atoms with van der Waals surface area (Å²) < 4.78 is 51.6. The zero-order valence-electron chi connectivity index (χ0n) is 7.95. The second kappa shape index (κ2) is 4.33. The molecule has 1 aromatic rings. The van der Waals surface area contributed by atoms with E-state index < -0.39 is 35.0 Å². The van der Waals surface area contributed by atoms with Crippen LogP contribution in [-0.2, 0) is 0 Å². The summed E-state index contributed by atoms with van der Waals surface area (Å²) in [6, 6.07) is -0.343. The molecule has 1 N–H and O–H groups in total. The van der Waals surface area contributed by atoms with Crippen molar-refractivity contribution >= 4 is 5.69 Å². The van der Waals surface area contributed by atoms with Gasteiger partial charge in [-0.25, -0.2) is 17.6 Å². The number of halogens is 4. The Morgan fingerprint density at radius 3 is 2.07 bits per heavy atom. The molecule has 0 bridgehead atoms. The first-order valence-electron chi connectivity index (χ1n) is 4.19. The second-order valence-electron chi connectivity index (χ2n) is 3.01. The van der Waals surface area contributed by atoms with Crippen LogP contribution >= 0.6 is 0 Å². The van der Waals surface area contributed by atoms with Gasteiger partial charge in [0.15, 0.2) is 23.3 Å². The summed E-state index contributed by atoms with van der Waals surface area (Å²) in [4.78, 5) is 0. The highest BCUT2D eigenvalue weighted by molar-refractivity contribution is 5.48. The average Bonchev–Trinajstić information content (AvgIpc) is 2.21. The van der Waals surface area contributed by atoms with E-state index >= 15 is 0 Å². The van der Waals surface area contributed by atoms with Crippen LogP contribution in [0, 0.1) is 23.3 Å². The lowest BCUT2D eigenvalue weighted by atomic mass is 10.2. The van der Waals surface area contributed by atoms with Gasteiger partial charge in [-0.3, -0.25) is 0 Å². The maximum absolute atomic E-state index is 13.1. The Balaban J connectivity index is 3.20. The molecule has 82 valence electrons. The van der Waals surface area contributed by atoms with Gasteiger partial charge in [-0.05, 0) is 6.92 Å². The van der Waals surface area contributed by atoms with Crippen molar-refractivity contribution in [1.82, 2.24) is 0 Å². The van der Waals surface area contributed by atoms with Crippen molar-refractivity contribution in [2.24, 2.45) is 0 Å². The van der Waals surface area contributed by atoms with E-state index in [0.29, 0.717) is 0 Å². The van der Waals surface area contributed by atoms with E-state index in [4.69, 9.17) is 0 Å². The largest absolute Gasteiger partial charge is 0.374 e. The van der Waals surface area contributed by atoms with Gasteiger partial charge in [0.1, 0.15) is 5.69 Å². The third-order valence-electron chi connectivity index (χ3n) is 1.84. The van der Waals surface area contributed by atoms with Crippen molar-refractivity contribution in [2.45, 2.75) is 13.0 Å². The Kier molecular flexibility index (Phi) is 3.34. The quantitative estimate of drug-likeness (QED) is 0.467. The first-order valence-corrected chi connectivity index (χ1v) is 4.19. The van der Waals surface area contributed by atoms with Gasteiger partial charge < -0.3 is 5.32 Å². The highest BCUT2D eigenvalue weighted by Crippen LogP contribution is 2.24. The monoisotopic (exact) mass is 219 g/mol. The third-order valence-corrected chi connectivity index (χ3v) is 1.84. The molecule has 5 heteroatoms. The molecule has 0 radical (unpaired) electrons. The minimum atomic E-state index is -1.44. The molecule has 0 amide bonds. The SMILES string of the molecule is C=CC(C)Nc1c(F)c(F)cc(F)c1F. The van der Waals surface area contributed by atoms with Crippen LogP contribution in [-0.4, -0.2) is 6.04 Å². The van der Waals surface area contributed by atoms with E-state index in [1.807, 2.05) is 0 Å². The fourth-order valence-electron chi connectivity index (χ4n) is 0.986. The topological polar surface area (TPSA) is 12.0 Å². The number of nitrogens with one attached hydrogen (secondary N) is 1. The highest BCUT2D eigenvalue weighted by atomic mass is 19.2. The molecule has 0 saturated carbocycles. The van der Waals surface area contributed by atoms with Crippen LogP contribution < -0.4 is 5.32 Å². The lowest BCUT2D eigenvalue weighted by Gasteiger charge is -2.13. The van der Waals surface area contributed by atoms with Crippen LogP contribution in [0.5, 0.6) is 0 Å². The van der Waals surface area contributed by atoms with Crippen molar-refractivity contribution < 1.29 is 17.6 Å². The van der Waals surface area contributed by atoms with Crippen LogP contribution in [0.1, 0.15) is 6.92 Å². The van der Waals surface area contributed by atoms with Gasteiger partial charge in [-0.1, -0.05) is 6.08 Å². The van der Waals surface area contributed by atoms with Crippen LogP contribution in [0.15, 0.2) is 18.7 Å². The summed E-state index contributed by atoms with van der Waals surface area (Å²) in [6.45, 7) is 4.90. The Bertz CT molecular complexity index is 363. The molecule has 0 aromatic heterocycles. The van der Waals surface area contributed by atoms with Gasteiger partial charge in [0.25, 0.3) is 0 Å². The summed E-state index contributed by atoms with van der Waals surface area (Å²) in [5.74, 6) is -5.76. The number of anilines is 1. The fraction of sp³-hybridized carbons (Fsp3) is 0.200. The fourth-order valence-corrected chi connectivity index (χ4v) is 0.986. The van der Waals surface area contributed by atoms with E-state index in [-0.39, 0.29) is 6.07 Å². The molecule has 1 rings (SSSR count). The van der Waals surface area contributed by atoms with Gasteiger partial charge in [-0.15, -0.1) is 6.58 Å². The number of hydrogen-bond acceptors (Lipinski definition) is 1. The summed E-state index contributed by atoms with van der Waals surface area (Å²) in [7, 11) is 0. The molecule has 0 aliphatic rings. The molecule has 15 heavy (non-hydrogen) atoms. The van der Waals surface area contributed by atoms with Crippen molar-refractivity contribution in [3.63, 3.8) is 0 Å². The molecule has 1 aromatic carbocycles. The van der Waals surface area contributed by atoms with E-state index in [1.54, 1.807) is 0 Å². The van der Waals surface area contributed by atoms with Gasteiger partial charge >= 0.3 is 0 Å². The van der Waals surface area contributed by atoms with Crippen molar-refractivity contribution in [3.05, 3.63) is 42.0 Å². The van der Waals surface area contributed by atoms with Crippen molar-refractivity contribution in [3.8, 4) is 0 Å². The van der Waals surface area contributed by atoms with E-state index in [1.165, 1.54) is 13.0 Å². The predicted molar refractivity (Wildman–Crippen MR) is 49.6 cm³/mol. The highest BCUT2D eigenvalue weighted by Gasteiger charge is 2.19. The van der Waals surface area contributed by atoms with Crippen LogP contribution in [0.4, 0.5) is 23.2 Å². The molecule has 0 fully saturated rings. The van der Waals surface area contributed by atoms with Crippen molar-refractivity contribution in [2.75, 3.05) is 5.32 Å². The summed E-state index contributed by atoms with van der Waals surface area (Å²) in [5.41, 5.74) is -0.820. The maximum atomic E-state index is 13.1. The normalized spacial score (nSPS) is 12.3. The molecular weight excluding hydrogens is 210 g/mol. The molecule has 0 spiro atoms. The lowest BCUT2D eigenvalue weighted by molar-refractivity contribution is 0.457. The lowest BCUT2D eigenvalue weighted by Crippen LogP contribution is -2.15. The van der Waals surface area contributed by atoms with Gasteiger partial charge in [0.05, 0.1) is 0 Å². The molecule has 0 aliphatic carbocycles. The number of rotatable bonds is 3. The van der Waals surface area contributed by atoms with Gasteiger partial charge in [0.2, 0.25) is 0 Å². The standard InChI is InChI=1S/C10H9F4N/c1-3-5(2)15-10-8(13)6(11)4-7(12)9(10)14/h3-5,15H,1H2,2H3. The Hall–Kier alpha value is -1.52. The number of benzene rings is 1. The summed E-state index contributed by atoms with van der Waals surface area (Å²) in [5, 5.41) is 2.26. The van der Waals surface area contributed by atoms with Crippen LogP contribution in [0.3, 0.4) is 0 Å². The van der Waals surface area contributed by atoms with Crippen LogP contribution in [0.2, 0.25) is 0 Å². The van der Waals surface area contributed by atoms with E-state index in [2.05, 4.69) is 11.9 Å². The Morgan fingerprint density at radius 2 is 1.67 bits per heavy atom. The smallest absolute Gasteiger partial charge is 0.185 e. The zero-order valence-corrected chi connectivity index (χ0v) is 7.95. The summed E-state index contributed by atoms with van der Waals surface area (Å²) >= 11 is 0. The molecule has 0 heterocycles. The zero-order chi connectivity index (χ0) is 11.6. The molecule has 1 atom stereocenters. The minimum Gasteiger partial charge on any atom is -0.374 e.